The maximum absolute atomic E-state index is 13.4. The van der Waals surface area contributed by atoms with Crippen molar-refractivity contribution in [3.63, 3.8) is 0 Å². The number of amides is 1. The number of likely N-dealkylation sites (tertiary alicyclic amines) is 1. The number of hydrogen-bond acceptors (Lipinski definition) is 4. The van der Waals surface area contributed by atoms with Crippen molar-refractivity contribution in [2.45, 2.75) is 38.0 Å². The van der Waals surface area contributed by atoms with Crippen molar-refractivity contribution < 1.29 is 18.0 Å². The summed E-state index contributed by atoms with van der Waals surface area (Å²) in [6.45, 7) is 1.17. The molecule has 1 fully saturated rings. The molecule has 5 rings (SSSR count). The highest BCUT2D eigenvalue weighted by atomic mass is 19.4. The predicted molar refractivity (Wildman–Crippen MR) is 127 cm³/mol. The highest BCUT2D eigenvalue weighted by Gasteiger charge is 2.32. The fourth-order valence-corrected chi connectivity index (χ4v) is 4.59. The van der Waals surface area contributed by atoms with Crippen LogP contribution in [-0.2, 0) is 19.1 Å². The van der Waals surface area contributed by atoms with Crippen LogP contribution in [0.25, 0.3) is 0 Å². The van der Waals surface area contributed by atoms with E-state index < -0.39 is 11.7 Å². The molecular formula is C27H24F3N5O. The molecule has 0 N–H and O–H groups in total. The van der Waals surface area contributed by atoms with Gasteiger partial charge in [0.1, 0.15) is 12.7 Å². The molecule has 0 spiro atoms. The van der Waals surface area contributed by atoms with E-state index in [0.717, 1.165) is 47.5 Å². The molecule has 3 heterocycles. The molecule has 1 saturated heterocycles. The lowest BCUT2D eigenvalue weighted by Crippen LogP contribution is -2.31. The van der Waals surface area contributed by atoms with Crippen molar-refractivity contribution in [3.8, 4) is 0 Å². The van der Waals surface area contributed by atoms with Crippen LogP contribution >= 0.6 is 0 Å². The minimum Gasteiger partial charge on any atom is -0.330 e. The molecule has 1 aliphatic rings. The van der Waals surface area contributed by atoms with E-state index in [-0.39, 0.29) is 11.9 Å². The Labute approximate surface area is 206 Å². The number of aromatic nitrogens is 4. The summed E-state index contributed by atoms with van der Waals surface area (Å²) in [6.07, 6.45) is 0.847. The zero-order chi connectivity index (χ0) is 25.1. The largest absolute Gasteiger partial charge is 0.416 e. The molecule has 1 aliphatic heterocycles. The number of nitrogens with zero attached hydrogens (tertiary/aromatic N) is 5. The molecule has 2 aromatic carbocycles. The molecule has 0 bridgehead atoms. The summed E-state index contributed by atoms with van der Waals surface area (Å²) >= 11 is 0. The van der Waals surface area contributed by atoms with Gasteiger partial charge < -0.3 is 4.90 Å². The Hall–Kier alpha value is -4.01. The first kappa shape index (κ1) is 23.7. The van der Waals surface area contributed by atoms with E-state index in [0.29, 0.717) is 25.1 Å². The van der Waals surface area contributed by atoms with E-state index in [1.165, 1.54) is 18.5 Å². The normalized spacial score (nSPS) is 15.9. The average Bonchev–Trinajstić information content (AvgIpc) is 3.56. The fraction of sp³-hybridized carbons (Fsp3) is 0.259. The molecule has 2 aromatic heterocycles. The molecule has 0 saturated carbocycles. The SMILES string of the molecule is O=C(c1cccc(Cn2cncn2)c1)N1CCC[C@H]1c1cccc(Cc2ccc(C(F)(F)F)cc2)n1. The summed E-state index contributed by atoms with van der Waals surface area (Å²) in [5, 5.41) is 4.12. The first-order chi connectivity index (χ1) is 17.4. The number of halogens is 3. The smallest absolute Gasteiger partial charge is 0.330 e. The molecule has 0 unspecified atom stereocenters. The lowest BCUT2D eigenvalue weighted by atomic mass is 10.0. The van der Waals surface area contributed by atoms with Crippen molar-refractivity contribution in [3.05, 3.63) is 113 Å². The van der Waals surface area contributed by atoms with E-state index in [4.69, 9.17) is 4.98 Å². The zero-order valence-electron chi connectivity index (χ0n) is 19.4. The minimum atomic E-state index is -4.36. The van der Waals surface area contributed by atoms with Crippen molar-refractivity contribution in [1.82, 2.24) is 24.6 Å². The predicted octanol–water partition coefficient (Wildman–Crippen LogP) is 5.31. The summed E-state index contributed by atoms with van der Waals surface area (Å²) in [5.41, 5.74) is 3.19. The topological polar surface area (TPSA) is 63.9 Å². The summed E-state index contributed by atoms with van der Waals surface area (Å²) in [4.78, 5) is 24.0. The van der Waals surface area contributed by atoms with Gasteiger partial charge in [-0.2, -0.15) is 18.3 Å². The Morgan fingerprint density at radius 2 is 1.81 bits per heavy atom. The fourth-order valence-electron chi connectivity index (χ4n) is 4.59. The van der Waals surface area contributed by atoms with E-state index in [2.05, 4.69) is 10.1 Å². The molecule has 6 nitrogen and oxygen atoms in total. The minimum absolute atomic E-state index is 0.0483. The Bertz CT molecular complexity index is 1340. The van der Waals surface area contributed by atoms with Gasteiger partial charge in [0, 0.05) is 24.2 Å². The Kier molecular flexibility index (Phi) is 6.54. The Morgan fingerprint density at radius 3 is 2.56 bits per heavy atom. The number of carbonyl (C=O) groups is 1. The zero-order valence-corrected chi connectivity index (χ0v) is 19.4. The molecular weight excluding hydrogens is 467 g/mol. The third-order valence-corrected chi connectivity index (χ3v) is 6.33. The molecule has 0 radical (unpaired) electrons. The molecule has 36 heavy (non-hydrogen) atoms. The van der Waals surface area contributed by atoms with Crippen LogP contribution < -0.4 is 0 Å². The summed E-state index contributed by atoms with van der Waals surface area (Å²) in [6, 6.07) is 18.2. The molecule has 0 aliphatic carbocycles. The second-order valence-corrected chi connectivity index (χ2v) is 8.88. The van der Waals surface area contributed by atoms with Gasteiger partial charge in [0.2, 0.25) is 0 Å². The van der Waals surface area contributed by atoms with Gasteiger partial charge in [-0.25, -0.2) is 9.67 Å². The standard InChI is InChI=1S/C27H24F3N5O/c28-27(29,30)22-11-9-19(10-12-22)15-23-6-2-7-24(33-23)25-8-3-13-35(25)26(36)21-5-1-4-20(14-21)16-34-18-31-17-32-34/h1-2,4-7,9-12,14,17-18,25H,3,8,13,15-16H2/t25-/m0/s1. The van der Waals surface area contributed by atoms with Crippen molar-refractivity contribution in [1.29, 1.82) is 0 Å². The summed E-state index contributed by atoms with van der Waals surface area (Å²) in [5.74, 6) is -0.0483. The number of rotatable bonds is 6. The van der Waals surface area contributed by atoms with Gasteiger partial charge in [-0.15, -0.1) is 0 Å². The van der Waals surface area contributed by atoms with Gasteiger partial charge in [0.05, 0.1) is 23.8 Å². The lowest BCUT2D eigenvalue weighted by Gasteiger charge is -2.25. The van der Waals surface area contributed by atoms with E-state index in [9.17, 15) is 18.0 Å². The maximum atomic E-state index is 13.4. The molecule has 9 heteroatoms. The highest BCUT2D eigenvalue weighted by Crippen LogP contribution is 2.33. The van der Waals surface area contributed by atoms with E-state index in [1.807, 2.05) is 47.4 Å². The van der Waals surface area contributed by atoms with Gasteiger partial charge in [-0.1, -0.05) is 30.3 Å². The van der Waals surface area contributed by atoms with Crippen LogP contribution in [0.4, 0.5) is 13.2 Å². The van der Waals surface area contributed by atoms with Gasteiger partial charge >= 0.3 is 6.18 Å². The third kappa shape index (κ3) is 5.30. The number of alkyl halides is 3. The average molecular weight is 492 g/mol. The van der Waals surface area contributed by atoms with Crippen molar-refractivity contribution in [2.75, 3.05) is 6.54 Å². The van der Waals surface area contributed by atoms with Crippen LogP contribution in [0.3, 0.4) is 0 Å². The Balaban J connectivity index is 1.31. The highest BCUT2D eigenvalue weighted by molar-refractivity contribution is 5.94. The molecule has 1 amide bonds. The second-order valence-electron chi connectivity index (χ2n) is 8.88. The van der Waals surface area contributed by atoms with Gasteiger partial charge in [-0.05, 0) is 60.4 Å². The van der Waals surface area contributed by atoms with Gasteiger partial charge in [-0.3, -0.25) is 9.78 Å². The summed E-state index contributed by atoms with van der Waals surface area (Å²) < 4.78 is 40.3. The number of pyridine rings is 1. The Morgan fingerprint density at radius 1 is 1.00 bits per heavy atom. The monoisotopic (exact) mass is 491 g/mol. The summed E-state index contributed by atoms with van der Waals surface area (Å²) in [7, 11) is 0. The van der Waals surface area contributed by atoms with E-state index >= 15 is 0 Å². The first-order valence-electron chi connectivity index (χ1n) is 11.7. The third-order valence-electron chi connectivity index (χ3n) is 6.33. The second kappa shape index (κ2) is 9.93. The van der Waals surface area contributed by atoms with Gasteiger partial charge in [0.15, 0.2) is 0 Å². The van der Waals surface area contributed by atoms with Crippen molar-refractivity contribution >= 4 is 5.91 Å². The van der Waals surface area contributed by atoms with Crippen molar-refractivity contribution in [2.24, 2.45) is 0 Å². The lowest BCUT2D eigenvalue weighted by molar-refractivity contribution is -0.137. The number of hydrogen-bond donors (Lipinski definition) is 0. The molecule has 4 aromatic rings. The van der Waals surface area contributed by atoms with Crippen LogP contribution in [0, 0.1) is 0 Å². The van der Waals surface area contributed by atoms with Crippen LogP contribution in [0.15, 0.2) is 79.4 Å². The maximum Gasteiger partial charge on any atom is 0.416 e. The van der Waals surface area contributed by atoms with Crippen LogP contribution in [-0.4, -0.2) is 37.1 Å². The molecule has 1 atom stereocenters. The van der Waals surface area contributed by atoms with Crippen LogP contribution in [0.2, 0.25) is 0 Å². The number of carbonyl (C=O) groups excluding carboxylic acids is 1. The van der Waals surface area contributed by atoms with Gasteiger partial charge in [0.25, 0.3) is 5.91 Å². The number of benzene rings is 2. The van der Waals surface area contributed by atoms with E-state index in [1.54, 1.807) is 11.0 Å². The first-order valence-corrected chi connectivity index (χ1v) is 11.7. The van der Waals surface area contributed by atoms with Crippen LogP contribution in [0.5, 0.6) is 0 Å². The quantitative estimate of drug-likeness (QED) is 0.367. The van der Waals surface area contributed by atoms with Crippen LogP contribution in [0.1, 0.15) is 57.3 Å². The molecule has 184 valence electrons.